The number of aromatic nitrogens is 4. The van der Waals surface area contributed by atoms with Crippen molar-refractivity contribution in [2.24, 2.45) is 7.05 Å². The molecule has 0 radical (unpaired) electrons. The summed E-state index contributed by atoms with van der Waals surface area (Å²) in [6.45, 7) is 3.88. The van der Waals surface area contributed by atoms with Crippen molar-refractivity contribution in [3.05, 3.63) is 93.7 Å². The van der Waals surface area contributed by atoms with E-state index in [1.165, 1.54) is 18.2 Å². The molecule has 0 spiro atoms. The minimum Gasteiger partial charge on any atom is -0.345 e. The maximum atomic E-state index is 13.5. The van der Waals surface area contributed by atoms with Crippen LogP contribution in [0.25, 0.3) is 11.0 Å². The van der Waals surface area contributed by atoms with Crippen molar-refractivity contribution in [1.29, 1.82) is 0 Å². The quantitative estimate of drug-likeness (QED) is 0.486. The van der Waals surface area contributed by atoms with Gasteiger partial charge in [0, 0.05) is 31.0 Å². The number of hydrogen-bond donors (Lipinski definition) is 2. The molecular weight excluding hydrogens is 409 g/mol. The molecule has 8 heteroatoms. The summed E-state index contributed by atoms with van der Waals surface area (Å²) in [6, 6.07) is 12.2. The van der Waals surface area contributed by atoms with Crippen molar-refractivity contribution >= 4 is 16.9 Å². The molecule has 0 aliphatic carbocycles. The van der Waals surface area contributed by atoms with Crippen LogP contribution in [-0.2, 0) is 13.5 Å². The van der Waals surface area contributed by atoms with Crippen molar-refractivity contribution in [3.63, 3.8) is 0 Å². The van der Waals surface area contributed by atoms with E-state index in [0.29, 0.717) is 22.6 Å². The minimum atomic E-state index is -0.503. The van der Waals surface area contributed by atoms with E-state index >= 15 is 0 Å². The fraction of sp³-hybridized carbons (Fsp3) is 0.250. The first-order valence-electron chi connectivity index (χ1n) is 10.4. The summed E-state index contributed by atoms with van der Waals surface area (Å²) < 4.78 is 15.4. The third-order valence-electron chi connectivity index (χ3n) is 5.34. The number of hydrogen-bond acceptors (Lipinski definition) is 4. The molecule has 32 heavy (non-hydrogen) atoms. The fourth-order valence-corrected chi connectivity index (χ4v) is 3.58. The molecule has 4 aromatic rings. The number of H-pyrrole nitrogens is 1. The number of halogens is 1. The third-order valence-corrected chi connectivity index (χ3v) is 5.34. The Kier molecular flexibility index (Phi) is 5.85. The van der Waals surface area contributed by atoms with Gasteiger partial charge in [-0.05, 0) is 35.9 Å². The van der Waals surface area contributed by atoms with E-state index in [1.807, 2.05) is 31.5 Å². The standard InChI is InChI=1S/C24H24FN5O2/c1-14(2)23-27-18(12-22(31)29-23)11-19(15-4-7-17(25)8-5-15)28-24(32)16-6-9-21-20(10-16)26-13-30(21)3/h4-10,12-14,19H,11H2,1-3H3,(H,28,32)(H,27,29,31)/t19-/m1/s1. The molecule has 2 aromatic heterocycles. The van der Waals surface area contributed by atoms with Gasteiger partial charge in [0.1, 0.15) is 11.6 Å². The molecule has 0 bridgehead atoms. The minimum absolute atomic E-state index is 0.0478. The molecule has 164 valence electrons. The SMILES string of the molecule is CC(C)c1nc(C[C@@H](NC(=O)c2ccc3c(c2)ncn3C)c2ccc(F)cc2)cc(=O)[nH]1. The number of fused-ring (bicyclic) bond motifs is 1. The van der Waals surface area contributed by atoms with E-state index in [-0.39, 0.29) is 29.6 Å². The van der Waals surface area contributed by atoms with Gasteiger partial charge in [-0.25, -0.2) is 14.4 Å². The topological polar surface area (TPSA) is 92.7 Å². The predicted molar refractivity (Wildman–Crippen MR) is 120 cm³/mol. The summed E-state index contributed by atoms with van der Waals surface area (Å²) in [6.07, 6.45) is 1.98. The van der Waals surface area contributed by atoms with E-state index in [4.69, 9.17) is 0 Å². The Morgan fingerprint density at radius 1 is 1.16 bits per heavy atom. The van der Waals surface area contributed by atoms with Crippen molar-refractivity contribution in [2.45, 2.75) is 32.2 Å². The maximum Gasteiger partial charge on any atom is 0.251 e. The Hall–Kier alpha value is -3.81. The fourth-order valence-electron chi connectivity index (χ4n) is 3.58. The van der Waals surface area contributed by atoms with Gasteiger partial charge in [-0.1, -0.05) is 26.0 Å². The monoisotopic (exact) mass is 433 g/mol. The molecule has 0 aliphatic heterocycles. The summed E-state index contributed by atoms with van der Waals surface area (Å²) >= 11 is 0. The van der Waals surface area contributed by atoms with Gasteiger partial charge in [0.15, 0.2) is 0 Å². The van der Waals surface area contributed by atoms with Gasteiger partial charge in [-0.2, -0.15) is 0 Å². The zero-order valence-corrected chi connectivity index (χ0v) is 18.1. The van der Waals surface area contributed by atoms with Crippen LogP contribution in [0.15, 0.2) is 59.7 Å². The van der Waals surface area contributed by atoms with Crippen LogP contribution >= 0.6 is 0 Å². The van der Waals surface area contributed by atoms with Crippen LogP contribution in [0.5, 0.6) is 0 Å². The van der Waals surface area contributed by atoms with Gasteiger partial charge in [-0.3, -0.25) is 9.59 Å². The highest BCUT2D eigenvalue weighted by molar-refractivity contribution is 5.97. The van der Waals surface area contributed by atoms with E-state index < -0.39 is 6.04 Å². The summed E-state index contributed by atoms with van der Waals surface area (Å²) in [5.74, 6) is -0.0273. The van der Waals surface area contributed by atoms with Gasteiger partial charge >= 0.3 is 0 Å². The maximum absolute atomic E-state index is 13.5. The predicted octanol–water partition coefficient (Wildman–Crippen LogP) is 3.63. The number of rotatable bonds is 6. The number of benzene rings is 2. The molecule has 0 saturated heterocycles. The number of amides is 1. The Balaban J connectivity index is 1.65. The molecule has 0 unspecified atom stereocenters. The van der Waals surface area contributed by atoms with Crippen LogP contribution in [0.4, 0.5) is 4.39 Å². The number of nitrogens with one attached hydrogen (secondary N) is 2. The number of carbonyl (C=O) groups excluding carboxylic acids is 1. The van der Waals surface area contributed by atoms with Gasteiger partial charge < -0.3 is 14.9 Å². The highest BCUT2D eigenvalue weighted by atomic mass is 19.1. The van der Waals surface area contributed by atoms with Gasteiger partial charge in [-0.15, -0.1) is 0 Å². The smallest absolute Gasteiger partial charge is 0.251 e. The molecular formula is C24H24FN5O2. The first-order valence-corrected chi connectivity index (χ1v) is 10.4. The van der Waals surface area contributed by atoms with Gasteiger partial charge in [0.05, 0.1) is 29.1 Å². The lowest BCUT2D eigenvalue weighted by molar-refractivity contribution is 0.0936. The normalized spacial score (nSPS) is 12.3. The summed E-state index contributed by atoms with van der Waals surface area (Å²) in [5, 5.41) is 3.01. The van der Waals surface area contributed by atoms with Crippen LogP contribution in [-0.4, -0.2) is 25.4 Å². The molecule has 4 rings (SSSR count). The largest absolute Gasteiger partial charge is 0.345 e. The lowest BCUT2D eigenvalue weighted by atomic mass is 10.0. The number of nitrogens with zero attached hydrogens (tertiary/aromatic N) is 3. The van der Waals surface area contributed by atoms with E-state index in [2.05, 4.69) is 20.3 Å². The van der Waals surface area contributed by atoms with Crippen LogP contribution in [0.3, 0.4) is 0 Å². The van der Waals surface area contributed by atoms with Gasteiger partial charge in [0.2, 0.25) is 0 Å². The van der Waals surface area contributed by atoms with Gasteiger partial charge in [0.25, 0.3) is 11.5 Å². The Labute approximate surface area is 184 Å². The van der Waals surface area contributed by atoms with E-state index in [9.17, 15) is 14.0 Å². The van der Waals surface area contributed by atoms with Crippen molar-refractivity contribution in [2.75, 3.05) is 0 Å². The van der Waals surface area contributed by atoms with Crippen LogP contribution in [0.1, 0.15) is 53.2 Å². The highest BCUT2D eigenvalue weighted by Crippen LogP contribution is 2.21. The second-order valence-corrected chi connectivity index (χ2v) is 8.12. The molecule has 1 amide bonds. The lowest BCUT2D eigenvalue weighted by Gasteiger charge is -2.20. The average molecular weight is 433 g/mol. The number of imidazole rings is 1. The second-order valence-electron chi connectivity index (χ2n) is 8.12. The molecule has 0 saturated carbocycles. The Bertz CT molecular complexity index is 1320. The summed E-state index contributed by atoms with van der Waals surface area (Å²) in [5.41, 5.74) is 3.12. The molecule has 2 aromatic carbocycles. The van der Waals surface area contributed by atoms with E-state index in [1.54, 1.807) is 30.6 Å². The number of carbonyl (C=O) groups is 1. The van der Waals surface area contributed by atoms with Crippen LogP contribution in [0.2, 0.25) is 0 Å². The first kappa shape index (κ1) is 21.4. The third kappa shape index (κ3) is 4.59. The van der Waals surface area contributed by atoms with E-state index in [0.717, 1.165) is 11.0 Å². The molecule has 2 N–H and O–H groups in total. The Morgan fingerprint density at radius 3 is 2.62 bits per heavy atom. The molecule has 7 nitrogen and oxygen atoms in total. The first-order chi connectivity index (χ1) is 15.3. The van der Waals surface area contributed by atoms with Crippen molar-refractivity contribution in [1.82, 2.24) is 24.8 Å². The zero-order valence-electron chi connectivity index (χ0n) is 18.1. The number of aryl methyl sites for hydroxylation is 1. The zero-order chi connectivity index (χ0) is 22.8. The lowest BCUT2D eigenvalue weighted by Crippen LogP contribution is -2.30. The summed E-state index contributed by atoms with van der Waals surface area (Å²) in [4.78, 5) is 36.8. The average Bonchev–Trinajstić information content (AvgIpc) is 3.13. The number of aromatic amines is 1. The molecule has 0 fully saturated rings. The van der Waals surface area contributed by atoms with Crippen molar-refractivity contribution < 1.29 is 9.18 Å². The Morgan fingerprint density at radius 2 is 1.91 bits per heavy atom. The summed E-state index contributed by atoms with van der Waals surface area (Å²) in [7, 11) is 1.89. The van der Waals surface area contributed by atoms with Crippen molar-refractivity contribution in [3.8, 4) is 0 Å². The van der Waals surface area contributed by atoms with Crippen LogP contribution in [0, 0.1) is 5.82 Å². The molecule has 1 atom stereocenters. The van der Waals surface area contributed by atoms with Crippen LogP contribution < -0.4 is 10.9 Å². The second kappa shape index (κ2) is 8.74. The molecule has 0 aliphatic rings. The molecule has 2 heterocycles. The highest BCUT2D eigenvalue weighted by Gasteiger charge is 2.19.